The van der Waals surface area contributed by atoms with Crippen LogP contribution in [0, 0.1) is 11.3 Å². The number of rotatable bonds is 1. The molecule has 1 aliphatic heterocycles. The van der Waals surface area contributed by atoms with Gasteiger partial charge in [-0.05, 0) is 29.7 Å². The third kappa shape index (κ3) is 1.71. The molecule has 0 N–H and O–H groups in total. The average Bonchev–Trinajstić information content (AvgIpc) is 2.83. The summed E-state index contributed by atoms with van der Waals surface area (Å²) in [7, 11) is 1.99. The molecular weight excluding hydrogens is 224 g/mol. The van der Waals surface area contributed by atoms with Crippen LogP contribution in [0.25, 0.3) is 11.1 Å². The topological polar surface area (TPSA) is 38.0 Å². The summed E-state index contributed by atoms with van der Waals surface area (Å²) in [6, 6.07) is 8.32. The lowest BCUT2D eigenvalue weighted by atomic mass is 9.91. The fraction of sp³-hybridized carbons (Fsp3) is 0.267. The van der Waals surface area contributed by atoms with Crippen molar-refractivity contribution >= 4 is 0 Å². The van der Waals surface area contributed by atoms with Crippen molar-refractivity contribution in [2.24, 2.45) is 7.05 Å². The summed E-state index contributed by atoms with van der Waals surface area (Å²) in [6.07, 6.45) is 4.98. The quantitative estimate of drug-likeness (QED) is 0.766. The fourth-order valence-corrected chi connectivity index (χ4v) is 2.52. The highest BCUT2D eigenvalue weighted by atomic mass is 16.5. The predicted molar refractivity (Wildman–Crippen MR) is 68.9 cm³/mol. The molecular formula is C15H14N2O. The molecule has 18 heavy (non-hydrogen) atoms. The van der Waals surface area contributed by atoms with Crippen LogP contribution in [-0.2, 0) is 24.8 Å². The molecule has 0 saturated carbocycles. The zero-order valence-electron chi connectivity index (χ0n) is 10.3. The second kappa shape index (κ2) is 4.32. The van der Waals surface area contributed by atoms with Gasteiger partial charge in [-0.25, -0.2) is 0 Å². The second-order valence-electron chi connectivity index (χ2n) is 4.61. The van der Waals surface area contributed by atoms with Crippen LogP contribution in [0.3, 0.4) is 0 Å². The molecule has 0 amide bonds. The number of aromatic nitrogens is 1. The normalized spacial score (nSPS) is 14.0. The largest absolute Gasteiger partial charge is 0.376 e. The predicted octanol–water partition coefficient (Wildman–Crippen LogP) is 2.64. The van der Waals surface area contributed by atoms with Crippen LogP contribution in [0.1, 0.15) is 16.7 Å². The van der Waals surface area contributed by atoms with E-state index >= 15 is 0 Å². The Morgan fingerprint density at radius 3 is 2.94 bits per heavy atom. The highest BCUT2D eigenvalue weighted by molar-refractivity contribution is 5.75. The van der Waals surface area contributed by atoms with E-state index in [4.69, 9.17) is 4.74 Å². The molecule has 0 radical (unpaired) electrons. The lowest BCUT2D eigenvalue weighted by Gasteiger charge is -2.20. The standard InChI is InChI=1S/C15H14N2O/c1-17-6-4-13(9-17)15-12(8-16)3-2-11-5-7-18-10-14(11)15/h2-4,6,9H,5,7,10H2,1H3. The number of fused-ring (bicyclic) bond motifs is 1. The molecule has 0 spiro atoms. The third-order valence-corrected chi connectivity index (χ3v) is 3.41. The summed E-state index contributed by atoms with van der Waals surface area (Å²) in [5.41, 5.74) is 5.34. The Hall–Kier alpha value is -2.05. The molecule has 3 nitrogen and oxygen atoms in total. The van der Waals surface area contributed by atoms with Crippen molar-refractivity contribution in [2.45, 2.75) is 13.0 Å². The monoisotopic (exact) mass is 238 g/mol. The molecule has 3 rings (SSSR count). The lowest BCUT2D eigenvalue weighted by Crippen LogP contribution is -2.11. The minimum absolute atomic E-state index is 0.606. The van der Waals surface area contributed by atoms with Crippen LogP contribution >= 0.6 is 0 Å². The van der Waals surface area contributed by atoms with Gasteiger partial charge in [0, 0.05) is 30.6 Å². The van der Waals surface area contributed by atoms with Gasteiger partial charge in [-0.3, -0.25) is 0 Å². The maximum atomic E-state index is 9.29. The third-order valence-electron chi connectivity index (χ3n) is 3.41. The molecule has 2 heterocycles. The van der Waals surface area contributed by atoms with Crippen molar-refractivity contribution in [2.75, 3.05) is 6.61 Å². The highest BCUT2D eigenvalue weighted by Gasteiger charge is 2.18. The Labute approximate surface area is 106 Å². The van der Waals surface area contributed by atoms with E-state index in [2.05, 4.69) is 12.1 Å². The summed E-state index contributed by atoms with van der Waals surface area (Å²) in [5, 5.41) is 9.29. The first-order valence-electron chi connectivity index (χ1n) is 6.04. The number of aryl methyl sites for hydroxylation is 1. The van der Waals surface area contributed by atoms with Crippen LogP contribution < -0.4 is 0 Å². The van der Waals surface area contributed by atoms with E-state index in [1.165, 1.54) is 11.1 Å². The lowest BCUT2D eigenvalue weighted by molar-refractivity contribution is 0.111. The Morgan fingerprint density at radius 2 is 2.22 bits per heavy atom. The zero-order valence-corrected chi connectivity index (χ0v) is 10.3. The smallest absolute Gasteiger partial charge is 0.0998 e. The van der Waals surface area contributed by atoms with E-state index in [9.17, 15) is 5.26 Å². The van der Waals surface area contributed by atoms with Gasteiger partial charge < -0.3 is 9.30 Å². The van der Waals surface area contributed by atoms with Crippen LogP contribution in [0.5, 0.6) is 0 Å². The molecule has 1 aromatic heterocycles. The summed E-state index contributed by atoms with van der Waals surface area (Å²) >= 11 is 0. The molecule has 1 aromatic carbocycles. The molecule has 0 unspecified atom stereocenters. The number of hydrogen-bond acceptors (Lipinski definition) is 2. The van der Waals surface area contributed by atoms with Gasteiger partial charge in [-0.2, -0.15) is 5.26 Å². The molecule has 3 heteroatoms. The molecule has 0 bridgehead atoms. The van der Waals surface area contributed by atoms with E-state index in [0.29, 0.717) is 6.61 Å². The van der Waals surface area contributed by atoms with Crippen LogP contribution in [0.2, 0.25) is 0 Å². The number of nitrogens with zero attached hydrogens (tertiary/aromatic N) is 2. The maximum absolute atomic E-state index is 9.29. The molecule has 2 aromatic rings. The van der Waals surface area contributed by atoms with Gasteiger partial charge in [0.25, 0.3) is 0 Å². The Kier molecular flexibility index (Phi) is 2.66. The number of nitriles is 1. The van der Waals surface area contributed by atoms with E-state index in [1.54, 1.807) is 0 Å². The van der Waals surface area contributed by atoms with Gasteiger partial charge in [0.2, 0.25) is 0 Å². The van der Waals surface area contributed by atoms with Gasteiger partial charge >= 0.3 is 0 Å². The molecule has 90 valence electrons. The van der Waals surface area contributed by atoms with Gasteiger partial charge in [0.05, 0.1) is 24.8 Å². The molecule has 0 saturated heterocycles. The molecule has 0 aliphatic carbocycles. The van der Waals surface area contributed by atoms with Gasteiger partial charge in [-0.1, -0.05) is 6.07 Å². The van der Waals surface area contributed by atoms with Gasteiger partial charge in [0.1, 0.15) is 0 Å². The Balaban J connectivity index is 2.25. The molecule has 1 aliphatic rings. The van der Waals surface area contributed by atoms with E-state index < -0.39 is 0 Å². The van der Waals surface area contributed by atoms with E-state index in [1.807, 2.05) is 36.1 Å². The first-order chi connectivity index (χ1) is 8.79. The van der Waals surface area contributed by atoms with Crippen molar-refractivity contribution in [3.63, 3.8) is 0 Å². The maximum Gasteiger partial charge on any atom is 0.0998 e. The molecule has 0 atom stereocenters. The number of benzene rings is 1. The van der Waals surface area contributed by atoms with Crippen LogP contribution in [-0.4, -0.2) is 11.2 Å². The van der Waals surface area contributed by atoms with Crippen molar-refractivity contribution in [1.29, 1.82) is 5.26 Å². The first kappa shape index (κ1) is 11.1. The van der Waals surface area contributed by atoms with E-state index in [0.717, 1.165) is 29.7 Å². The highest BCUT2D eigenvalue weighted by Crippen LogP contribution is 2.32. The van der Waals surface area contributed by atoms with Crippen molar-refractivity contribution in [3.8, 4) is 17.2 Å². The van der Waals surface area contributed by atoms with Gasteiger partial charge in [0.15, 0.2) is 0 Å². The summed E-state index contributed by atoms with van der Waals surface area (Å²) in [4.78, 5) is 0. The molecule has 0 fully saturated rings. The minimum Gasteiger partial charge on any atom is -0.376 e. The Bertz CT molecular complexity index is 634. The van der Waals surface area contributed by atoms with Crippen LogP contribution in [0.15, 0.2) is 30.6 Å². The van der Waals surface area contributed by atoms with E-state index in [-0.39, 0.29) is 0 Å². The average molecular weight is 238 g/mol. The fourth-order valence-electron chi connectivity index (χ4n) is 2.52. The summed E-state index contributed by atoms with van der Waals surface area (Å²) < 4.78 is 7.55. The van der Waals surface area contributed by atoms with Crippen molar-refractivity contribution < 1.29 is 4.74 Å². The van der Waals surface area contributed by atoms with Crippen molar-refractivity contribution in [3.05, 3.63) is 47.3 Å². The Morgan fingerprint density at radius 1 is 1.33 bits per heavy atom. The zero-order chi connectivity index (χ0) is 12.5. The number of ether oxygens (including phenoxy) is 1. The van der Waals surface area contributed by atoms with Gasteiger partial charge in [-0.15, -0.1) is 0 Å². The first-order valence-corrected chi connectivity index (χ1v) is 6.04. The summed E-state index contributed by atoms with van der Waals surface area (Å²) in [6.45, 7) is 1.38. The van der Waals surface area contributed by atoms with Crippen LogP contribution in [0.4, 0.5) is 0 Å². The SMILES string of the molecule is Cn1ccc(-c2c(C#N)ccc3c2COCC3)c1. The summed E-state index contributed by atoms with van der Waals surface area (Å²) in [5.74, 6) is 0. The number of hydrogen-bond donors (Lipinski definition) is 0. The van der Waals surface area contributed by atoms with Crippen molar-refractivity contribution in [1.82, 2.24) is 4.57 Å². The minimum atomic E-state index is 0.606. The second-order valence-corrected chi connectivity index (χ2v) is 4.61.